The molecule has 4 atom stereocenters. The molecule has 0 aromatic carbocycles. The highest BCUT2D eigenvalue weighted by atomic mass is 31.1. The Labute approximate surface area is 196 Å². The van der Waals surface area contributed by atoms with E-state index in [1.54, 1.807) is 0 Å². The molecule has 0 saturated carbocycles. The van der Waals surface area contributed by atoms with Gasteiger partial charge in [-0.05, 0) is 41.0 Å². The Morgan fingerprint density at radius 2 is 1.03 bits per heavy atom. The van der Waals surface area contributed by atoms with E-state index in [2.05, 4.69) is 47.0 Å². The fourth-order valence-corrected chi connectivity index (χ4v) is 7.60. The number of hydrogen-bond acceptors (Lipinski definition) is 6. The molecule has 0 aliphatic heterocycles. The van der Waals surface area contributed by atoms with Crippen molar-refractivity contribution >= 4 is 17.2 Å². The van der Waals surface area contributed by atoms with Crippen LogP contribution in [0.15, 0.2) is 0 Å². The molecule has 0 heterocycles. The zero-order chi connectivity index (χ0) is 24.0. The molecule has 1 N–H and O–H groups in total. The molecule has 0 saturated heterocycles. The smallest absolute Gasteiger partial charge is 0.183 e. The number of rotatable bonds is 20. The summed E-state index contributed by atoms with van der Waals surface area (Å²) in [6.07, 6.45) is 2.63. The second kappa shape index (κ2) is 16.3. The van der Waals surface area contributed by atoms with Gasteiger partial charge in [0.05, 0.1) is 5.60 Å². The van der Waals surface area contributed by atoms with Gasteiger partial charge in [0.15, 0.2) is 11.1 Å². The highest BCUT2D eigenvalue weighted by molar-refractivity contribution is 7.41. The summed E-state index contributed by atoms with van der Waals surface area (Å²) >= 11 is 0. The predicted molar refractivity (Wildman–Crippen MR) is 136 cm³/mol. The topological polar surface area (TPSA) is 58.2 Å². The summed E-state index contributed by atoms with van der Waals surface area (Å²) in [6.45, 7) is 24.6. The fourth-order valence-electron chi connectivity index (χ4n) is 3.60. The highest BCUT2D eigenvalue weighted by Crippen LogP contribution is 2.52. The predicted octanol–water partition coefficient (Wildman–Crippen LogP) is 6.08. The lowest BCUT2D eigenvalue weighted by Crippen LogP contribution is -2.52. The van der Waals surface area contributed by atoms with Crippen LogP contribution in [0.4, 0.5) is 0 Å². The maximum atomic E-state index is 6.43. The van der Waals surface area contributed by atoms with Crippen molar-refractivity contribution in [3.63, 3.8) is 0 Å². The summed E-state index contributed by atoms with van der Waals surface area (Å²) in [6, 6.07) is 0. The second-order valence-corrected chi connectivity index (χ2v) is 11.7. The third kappa shape index (κ3) is 9.79. The van der Waals surface area contributed by atoms with Crippen molar-refractivity contribution in [2.24, 2.45) is 0 Å². The highest BCUT2D eigenvalue weighted by Gasteiger charge is 2.47. The van der Waals surface area contributed by atoms with E-state index in [4.69, 9.17) is 23.8 Å². The average Bonchev–Trinajstić information content (AvgIpc) is 2.74. The minimum atomic E-state index is -0.567. The van der Waals surface area contributed by atoms with Gasteiger partial charge in [-0.2, -0.15) is 0 Å². The number of ether oxygens (including phenoxy) is 4. The van der Waals surface area contributed by atoms with E-state index in [1.165, 1.54) is 0 Å². The van der Waals surface area contributed by atoms with Crippen molar-refractivity contribution in [1.29, 1.82) is 0 Å². The minimum Gasteiger partial charge on any atom is -0.347 e. The van der Waals surface area contributed by atoms with Gasteiger partial charge in [-0.3, -0.25) is 4.84 Å². The molecule has 0 radical (unpaired) electrons. The summed E-state index contributed by atoms with van der Waals surface area (Å²) in [5.41, 5.74) is 2.06. The fraction of sp³-hybridized carbons (Fsp3) is 1.00. The number of nitrogens with one attached hydrogen (secondary N) is 1. The van der Waals surface area contributed by atoms with E-state index in [0.717, 1.165) is 25.8 Å². The largest absolute Gasteiger partial charge is 0.347 e. The number of hydrogen-bond donors (Lipinski definition) is 1. The first kappa shape index (κ1) is 31.6. The van der Waals surface area contributed by atoms with Crippen LogP contribution >= 0.6 is 17.2 Å². The molecule has 0 rings (SSSR count). The van der Waals surface area contributed by atoms with Crippen LogP contribution in [0.25, 0.3) is 0 Å². The van der Waals surface area contributed by atoms with Crippen LogP contribution in [-0.4, -0.2) is 60.9 Å². The first-order valence-corrected chi connectivity index (χ1v) is 14.4. The summed E-state index contributed by atoms with van der Waals surface area (Å²) in [5, 5.41) is 0. The summed E-state index contributed by atoms with van der Waals surface area (Å²) in [5.74, 6) is 0. The van der Waals surface area contributed by atoms with Gasteiger partial charge in [0.25, 0.3) is 0 Å². The molecular formula is C23H51NO5P2. The van der Waals surface area contributed by atoms with E-state index in [0.29, 0.717) is 43.6 Å². The summed E-state index contributed by atoms with van der Waals surface area (Å²) < 4.78 is 24.6. The quantitative estimate of drug-likeness (QED) is 0.0980. The lowest BCUT2D eigenvalue weighted by Gasteiger charge is -2.46. The van der Waals surface area contributed by atoms with Gasteiger partial charge in [0.2, 0.25) is 0 Å². The Morgan fingerprint density at radius 3 is 1.29 bits per heavy atom. The third-order valence-corrected chi connectivity index (χ3v) is 9.85. The van der Waals surface area contributed by atoms with E-state index in [1.807, 2.05) is 27.7 Å². The Morgan fingerprint density at radius 1 is 0.677 bits per heavy atom. The van der Waals surface area contributed by atoms with Gasteiger partial charge in [-0.25, -0.2) is 5.48 Å². The molecule has 0 aliphatic carbocycles. The maximum Gasteiger partial charge on any atom is 0.183 e. The molecule has 8 heteroatoms. The van der Waals surface area contributed by atoms with Gasteiger partial charge in [0.1, 0.15) is 0 Å². The van der Waals surface area contributed by atoms with Crippen LogP contribution in [0, 0.1) is 0 Å². The van der Waals surface area contributed by atoms with Crippen LogP contribution in [0.5, 0.6) is 0 Å². The van der Waals surface area contributed by atoms with Crippen molar-refractivity contribution in [2.45, 2.75) is 116 Å². The maximum absolute atomic E-state index is 6.43. The van der Waals surface area contributed by atoms with Crippen LogP contribution in [0.2, 0.25) is 0 Å². The monoisotopic (exact) mass is 483 g/mol. The van der Waals surface area contributed by atoms with Gasteiger partial charge >= 0.3 is 0 Å². The molecule has 0 fully saturated rings. The standard InChI is InChI=1S/C23H51NO5P2/c1-11-18-24-29-21(10,19(8)30-22(12-2,25-14-4)26-15-5)20(9)31-23(13-3,27-16-6)28-17-7/h19-20,24,30-31H,11-18H2,1-10H3. The molecule has 188 valence electrons. The van der Waals surface area contributed by atoms with E-state index >= 15 is 0 Å². The molecule has 0 spiro atoms. The third-order valence-electron chi connectivity index (χ3n) is 5.68. The van der Waals surface area contributed by atoms with Crippen LogP contribution < -0.4 is 5.48 Å². The van der Waals surface area contributed by atoms with E-state index < -0.39 is 16.7 Å². The Hall–Kier alpha value is 0.620. The van der Waals surface area contributed by atoms with Crippen LogP contribution in [0.1, 0.15) is 88.5 Å². The molecule has 4 unspecified atom stereocenters. The van der Waals surface area contributed by atoms with E-state index in [-0.39, 0.29) is 11.3 Å². The summed E-state index contributed by atoms with van der Waals surface area (Å²) in [7, 11) is 0.879. The molecule has 0 aromatic heterocycles. The van der Waals surface area contributed by atoms with Crippen LogP contribution in [-0.2, 0) is 23.8 Å². The minimum absolute atomic E-state index is 0.204. The van der Waals surface area contributed by atoms with Crippen molar-refractivity contribution in [1.82, 2.24) is 5.48 Å². The van der Waals surface area contributed by atoms with Crippen molar-refractivity contribution in [3.8, 4) is 0 Å². The molecule has 0 bridgehead atoms. The second-order valence-electron chi connectivity index (χ2n) is 7.86. The molecular weight excluding hydrogens is 432 g/mol. The van der Waals surface area contributed by atoms with E-state index in [9.17, 15) is 0 Å². The van der Waals surface area contributed by atoms with Crippen molar-refractivity contribution in [2.75, 3.05) is 33.0 Å². The Balaban J connectivity index is 5.86. The zero-order valence-corrected chi connectivity index (χ0v) is 23.9. The van der Waals surface area contributed by atoms with Gasteiger partial charge in [-0.1, -0.05) is 51.8 Å². The van der Waals surface area contributed by atoms with Gasteiger partial charge in [0, 0.05) is 57.1 Å². The van der Waals surface area contributed by atoms with Crippen LogP contribution in [0.3, 0.4) is 0 Å². The first-order chi connectivity index (χ1) is 14.7. The average molecular weight is 484 g/mol. The van der Waals surface area contributed by atoms with Crippen molar-refractivity contribution in [3.05, 3.63) is 0 Å². The molecule has 0 aromatic rings. The molecule has 31 heavy (non-hydrogen) atoms. The molecule has 0 amide bonds. The lowest BCUT2D eigenvalue weighted by atomic mass is 9.99. The first-order valence-electron chi connectivity index (χ1n) is 12.2. The SMILES string of the molecule is CCCNOC(C)(C(C)PC(CC)(OCC)OCC)C(C)PC(CC)(OCC)OCC. The zero-order valence-electron chi connectivity index (χ0n) is 21.9. The van der Waals surface area contributed by atoms with Gasteiger partial charge < -0.3 is 18.9 Å². The normalized spacial score (nSPS) is 17.6. The Bertz CT molecular complexity index is 412. The summed E-state index contributed by atoms with van der Waals surface area (Å²) in [4.78, 5) is 6.43. The lowest BCUT2D eigenvalue weighted by molar-refractivity contribution is -0.173. The Kier molecular flexibility index (Phi) is 16.6. The van der Waals surface area contributed by atoms with Gasteiger partial charge in [-0.15, -0.1) is 0 Å². The molecule has 0 aliphatic rings. The van der Waals surface area contributed by atoms with Crippen molar-refractivity contribution < 1.29 is 23.8 Å². The molecule has 6 nitrogen and oxygen atoms in total. The number of hydroxylamine groups is 1.